The van der Waals surface area contributed by atoms with Crippen molar-refractivity contribution < 1.29 is 23.2 Å². The van der Waals surface area contributed by atoms with Gasteiger partial charge >= 0.3 is 0 Å². The maximum atomic E-state index is 13.6. The van der Waals surface area contributed by atoms with Gasteiger partial charge in [0.05, 0.1) is 12.1 Å². The fourth-order valence-electron chi connectivity index (χ4n) is 2.74. The number of nitrogens with one attached hydrogen (secondary N) is 2. The lowest BCUT2D eigenvalue weighted by Gasteiger charge is -2.18. The van der Waals surface area contributed by atoms with E-state index >= 15 is 0 Å². The third-order valence-electron chi connectivity index (χ3n) is 4.35. The molecule has 3 amide bonds. The zero-order valence-corrected chi connectivity index (χ0v) is 16.5. The van der Waals surface area contributed by atoms with Crippen LogP contribution < -0.4 is 10.6 Å². The molecule has 0 radical (unpaired) electrons. The normalized spacial score (nSPS) is 10.4. The Labute approximate surface area is 167 Å². The molecule has 0 aliphatic carbocycles. The molecule has 154 valence electrons. The van der Waals surface area contributed by atoms with Crippen LogP contribution in [0.5, 0.6) is 0 Å². The van der Waals surface area contributed by atoms with Gasteiger partial charge < -0.3 is 15.5 Å². The van der Waals surface area contributed by atoms with Crippen LogP contribution in [0.3, 0.4) is 0 Å². The highest BCUT2D eigenvalue weighted by atomic mass is 19.1. The summed E-state index contributed by atoms with van der Waals surface area (Å²) in [6.07, 6.45) is -0.0677. The summed E-state index contributed by atoms with van der Waals surface area (Å²) in [6.45, 7) is 3.57. The van der Waals surface area contributed by atoms with E-state index in [1.54, 1.807) is 0 Å². The molecule has 6 nitrogen and oxygen atoms in total. The highest BCUT2D eigenvalue weighted by Gasteiger charge is 2.16. The topological polar surface area (TPSA) is 78.5 Å². The summed E-state index contributed by atoms with van der Waals surface area (Å²) >= 11 is 0. The number of benzene rings is 2. The molecule has 0 spiro atoms. The number of amides is 3. The fraction of sp³-hybridized carbons (Fsp3) is 0.286. The van der Waals surface area contributed by atoms with Crippen LogP contribution in [-0.4, -0.2) is 42.8 Å². The number of anilines is 1. The van der Waals surface area contributed by atoms with Gasteiger partial charge in [-0.2, -0.15) is 0 Å². The quantitative estimate of drug-likeness (QED) is 0.746. The summed E-state index contributed by atoms with van der Waals surface area (Å²) in [5.41, 5.74) is 2.25. The van der Waals surface area contributed by atoms with Crippen molar-refractivity contribution in [3.05, 3.63) is 64.7 Å². The van der Waals surface area contributed by atoms with Crippen LogP contribution in [0.15, 0.2) is 36.4 Å². The van der Waals surface area contributed by atoms with Crippen molar-refractivity contribution in [3.8, 4) is 0 Å². The van der Waals surface area contributed by atoms with Gasteiger partial charge in [-0.15, -0.1) is 0 Å². The molecule has 2 aromatic carbocycles. The van der Waals surface area contributed by atoms with Crippen LogP contribution in [0.2, 0.25) is 0 Å². The molecule has 0 saturated carbocycles. The van der Waals surface area contributed by atoms with E-state index in [-0.39, 0.29) is 36.9 Å². The van der Waals surface area contributed by atoms with Crippen molar-refractivity contribution in [1.29, 1.82) is 0 Å². The predicted molar refractivity (Wildman–Crippen MR) is 105 cm³/mol. The summed E-state index contributed by atoms with van der Waals surface area (Å²) in [6, 6.07) is 8.27. The average molecular weight is 403 g/mol. The van der Waals surface area contributed by atoms with Gasteiger partial charge in [-0.3, -0.25) is 14.4 Å². The van der Waals surface area contributed by atoms with Crippen molar-refractivity contribution in [3.63, 3.8) is 0 Å². The number of rotatable bonds is 7. The number of carbonyl (C=O) groups excluding carboxylic acids is 3. The van der Waals surface area contributed by atoms with Crippen LogP contribution in [0.1, 0.15) is 27.9 Å². The molecule has 0 atom stereocenters. The van der Waals surface area contributed by atoms with E-state index in [0.29, 0.717) is 11.8 Å². The molecule has 0 saturated heterocycles. The van der Waals surface area contributed by atoms with Gasteiger partial charge in [-0.25, -0.2) is 8.78 Å². The van der Waals surface area contributed by atoms with Crippen LogP contribution in [0, 0.1) is 25.5 Å². The van der Waals surface area contributed by atoms with Crippen LogP contribution in [-0.2, 0) is 9.59 Å². The molecule has 0 unspecified atom stereocenters. The summed E-state index contributed by atoms with van der Waals surface area (Å²) in [4.78, 5) is 37.5. The van der Waals surface area contributed by atoms with E-state index in [0.717, 1.165) is 23.3 Å². The Morgan fingerprint density at radius 2 is 1.69 bits per heavy atom. The number of halogens is 2. The van der Waals surface area contributed by atoms with Gasteiger partial charge in [0, 0.05) is 31.8 Å². The summed E-state index contributed by atoms with van der Waals surface area (Å²) in [5, 5.41) is 5.20. The Morgan fingerprint density at radius 1 is 1.03 bits per heavy atom. The third-order valence-corrected chi connectivity index (χ3v) is 4.35. The molecule has 0 fully saturated rings. The van der Waals surface area contributed by atoms with Crippen LogP contribution in [0.25, 0.3) is 0 Å². The number of para-hydroxylation sites is 1. The lowest BCUT2D eigenvalue weighted by Crippen LogP contribution is -2.37. The van der Waals surface area contributed by atoms with Gasteiger partial charge in [0.25, 0.3) is 5.91 Å². The number of carbonyl (C=O) groups is 3. The average Bonchev–Trinajstić information content (AvgIpc) is 2.64. The molecule has 0 heterocycles. The Kier molecular flexibility index (Phi) is 7.41. The lowest BCUT2D eigenvalue weighted by atomic mass is 10.1. The molecule has 0 aliphatic rings. The molecule has 0 aromatic heterocycles. The monoisotopic (exact) mass is 403 g/mol. The Balaban J connectivity index is 1.81. The van der Waals surface area contributed by atoms with Crippen molar-refractivity contribution in [1.82, 2.24) is 10.2 Å². The maximum Gasteiger partial charge on any atom is 0.254 e. The molecule has 2 rings (SSSR count). The molecular formula is C21H23F2N3O3. The molecule has 2 aromatic rings. The Morgan fingerprint density at radius 3 is 2.31 bits per heavy atom. The first-order chi connectivity index (χ1) is 13.7. The van der Waals surface area contributed by atoms with E-state index in [1.807, 2.05) is 32.0 Å². The number of aryl methyl sites for hydroxylation is 2. The van der Waals surface area contributed by atoms with Crippen LogP contribution >= 0.6 is 0 Å². The van der Waals surface area contributed by atoms with Gasteiger partial charge in [-0.05, 0) is 37.1 Å². The zero-order valence-electron chi connectivity index (χ0n) is 16.5. The molecule has 2 N–H and O–H groups in total. The van der Waals surface area contributed by atoms with Gasteiger partial charge in [0.15, 0.2) is 0 Å². The third kappa shape index (κ3) is 6.10. The second-order valence-corrected chi connectivity index (χ2v) is 6.69. The van der Waals surface area contributed by atoms with E-state index in [9.17, 15) is 23.2 Å². The summed E-state index contributed by atoms with van der Waals surface area (Å²) in [7, 11) is 1.48. The van der Waals surface area contributed by atoms with Crippen molar-refractivity contribution in [2.45, 2.75) is 20.3 Å². The second-order valence-electron chi connectivity index (χ2n) is 6.69. The smallest absolute Gasteiger partial charge is 0.254 e. The van der Waals surface area contributed by atoms with E-state index < -0.39 is 17.5 Å². The van der Waals surface area contributed by atoms with Gasteiger partial charge in [0.2, 0.25) is 11.8 Å². The highest BCUT2D eigenvalue weighted by Crippen LogP contribution is 2.19. The minimum Gasteiger partial charge on any atom is -0.351 e. The SMILES string of the molecule is Cc1cccc(C)c1NC(=O)CN(C)C(=O)CCNC(=O)c1ccc(F)cc1F. The summed E-state index contributed by atoms with van der Waals surface area (Å²) in [5.74, 6) is -3.20. The standard InChI is InChI=1S/C21H23F2N3O3/c1-13-5-4-6-14(2)20(13)25-18(27)12-26(3)19(28)9-10-24-21(29)16-8-7-15(22)11-17(16)23/h4-8,11H,9-10,12H2,1-3H3,(H,24,29)(H,25,27). The number of hydrogen-bond acceptors (Lipinski definition) is 3. The fourth-order valence-corrected chi connectivity index (χ4v) is 2.74. The largest absolute Gasteiger partial charge is 0.351 e. The highest BCUT2D eigenvalue weighted by molar-refractivity contribution is 5.96. The van der Waals surface area contributed by atoms with Gasteiger partial charge in [-0.1, -0.05) is 18.2 Å². The number of likely N-dealkylation sites (N-methyl/N-ethyl adjacent to an activating group) is 1. The molecule has 0 bridgehead atoms. The van der Waals surface area contributed by atoms with Crippen molar-refractivity contribution in [2.24, 2.45) is 0 Å². The molecule has 8 heteroatoms. The van der Waals surface area contributed by atoms with Crippen LogP contribution in [0.4, 0.5) is 14.5 Å². The zero-order chi connectivity index (χ0) is 21.6. The first-order valence-corrected chi connectivity index (χ1v) is 9.02. The lowest BCUT2D eigenvalue weighted by molar-refractivity contribution is -0.133. The minimum absolute atomic E-state index is 0.0443. The predicted octanol–water partition coefficient (Wildman–Crippen LogP) is 2.80. The van der Waals surface area contributed by atoms with E-state index in [2.05, 4.69) is 10.6 Å². The second kappa shape index (κ2) is 9.77. The van der Waals surface area contributed by atoms with E-state index in [1.165, 1.54) is 11.9 Å². The van der Waals surface area contributed by atoms with Crippen molar-refractivity contribution in [2.75, 3.05) is 25.5 Å². The summed E-state index contributed by atoms with van der Waals surface area (Å²) < 4.78 is 26.5. The molecule has 0 aliphatic heterocycles. The molecular weight excluding hydrogens is 380 g/mol. The van der Waals surface area contributed by atoms with Crippen molar-refractivity contribution >= 4 is 23.4 Å². The minimum atomic E-state index is -0.978. The molecule has 29 heavy (non-hydrogen) atoms. The first-order valence-electron chi connectivity index (χ1n) is 9.02. The number of nitrogens with zero attached hydrogens (tertiary/aromatic N) is 1. The Bertz CT molecular complexity index is 911. The van der Waals surface area contributed by atoms with E-state index in [4.69, 9.17) is 0 Å². The van der Waals surface area contributed by atoms with Gasteiger partial charge in [0.1, 0.15) is 11.6 Å². The maximum absolute atomic E-state index is 13.6. The Hall–Kier alpha value is -3.29. The first kappa shape index (κ1) is 22.0. The number of hydrogen-bond donors (Lipinski definition) is 2.